The van der Waals surface area contributed by atoms with Crippen molar-refractivity contribution in [1.29, 1.82) is 0 Å². The molecule has 2 unspecified atom stereocenters. The van der Waals surface area contributed by atoms with Gasteiger partial charge >= 0.3 is 0 Å². The fourth-order valence-electron chi connectivity index (χ4n) is 2.22. The highest BCUT2D eigenvalue weighted by molar-refractivity contribution is 5.89. The Kier molecular flexibility index (Phi) is 4.77. The Morgan fingerprint density at radius 2 is 2.25 bits per heavy atom. The fraction of sp³-hybridized carbons (Fsp3) is 0.833. The second-order valence-corrected chi connectivity index (χ2v) is 4.44. The maximum Gasteiger partial charge on any atom is 0.242 e. The van der Waals surface area contributed by atoms with E-state index in [2.05, 4.69) is 12.2 Å². The van der Waals surface area contributed by atoms with E-state index in [4.69, 9.17) is 0 Å². The predicted octanol–water partition coefficient (Wildman–Crippen LogP) is 1.16. The molecule has 1 aliphatic heterocycles. The van der Waals surface area contributed by atoms with Crippen molar-refractivity contribution in [3.05, 3.63) is 0 Å². The number of carbonyl (C=O) groups excluding carboxylic acids is 2. The van der Waals surface area contributed by atoms with Gasteiger partial charge in [0.1, 0.15) is 6.04 Å². The van der Waals surface area contributed by atoms with Crippen molar-refractivity contribution in [2.24, 2.45) is 5.92 Å². The monoisotopic (exact) mass is 226 g/mol. The molecule has 16 heavy (non-hydrogen) atoms. The molecule has 0 saturated carbocycles. The van der Waals surface area contributed by atoms with E-state index in [0.717, 1.165) is 12.8 Å². The lowest BCUT2D eigenvalue weighted by atomic mass is 10.0. The summed E-state index contributed by atoms with van der Waals surface area (Å²) in [5, 5.41) is 2.81. The van der Waals surface area contributed by atoms with Crippen LogP contribution in [-0.4, -0.2) is 35.8 Å². The van der Waals surface area contributed by atoms with E-state index in [9.17, 15) is 9.59 Å². The summed E-state index contributed by atoms with van der Waals surface area (Å²) in [6.45, 7) is 7.20. The number of piperazine rings is 1. The second kappa shape index (κ2) is 5.87. The first kappa shape index (κ1) is 13.0. The smallest absolute Gasteiger partial charge is 0.242 e. The zero-order chi connectivity index (χ0) is 12.1. The van der Waals surface area contributed by atoms with Crippen molar-refractivity contribution in [2.75, 3.05) is 13.1 Å². The average Bonchev–Trinajstić information content (AvgIpc) is 2.28. The molecule has 0 aromatic rings. The Morgan fingerprint density at radius 1 is 1.56 bits per heavy atom. The van der Waals surface area contributed by atoms with Crippen LogP contribution in [0.5, 0.6) is 0 Å². The minimum absolute atomic E-state index is 0.00852. The fourth-order valence-corrected chi connectivity index (χ4v) is 2.22. The van der Waals surface area contributed by atoms with Crippen molar-refractivity contribution in [3.8, 4) is 0 Å². The van der Waals surface area contributed by atoms with Gasteiger partial charge in [-0.2, -0.15) is 0 Å². The van der Waals surface area contributed by atoms with Crippen LogP contribution in [-0.2, 0) is 9.59 Å². The lowest BCUT2D eigenvalue weighted by Crippen LogP contribution is -2.57. The zero-order valence-electron chi connectivity index (χ0n) is 10.5. The lowest BCUT2D eigenvalue weighted by molar-refractivity contribution is -0.146. The summed E-state index contributed by atoms with van der Waals surface area (Å²) < 4.78 is 0. The van der Waals surface area contributed by atoms with Gasteiger partial charge in [-0.15, -0.1) is 0 Å². The number of nitrogens with one attached hydrogen (secondary N) is 1. The largest absolute Gasteiger partial charge is 0.353 e. The maximum atomic E-state index is 12.1. The van der Waals surface area contributed by atoms with Crippen LogP contribution in [0, 0.1) is 5.92 Å². The molecule has 0 aromatic heterocycles. The third-order valence-electron chi connectivity index (χ3n) is 3.14. The Hall–Kier alpha value is -1.06. The number of rotatable bonds is 4. The van der Waals surface area contributed by atoms with Gasteiger partial charge in [0.25, 0.3) is 0 Å². The van der Waals surface area contributed by atoms with E-state index in [0.29, 0.717) is 19.5 Å². The van der Waals surface area contributed by atoms with Crippen LogP contribution in [0.1, 0.15) is 40.0 Å². The van der Waals surface area contributed by atoms with Crippen molar-refractivity contribution < 1.29 is 9.59 Å². The summed E-state index contributed by atoms with van der Waals surface area (Å²) >= 11 is 0. The molecule has 2 atom stereocenters. The van der Waals surface area contributed by atoms with E-state index in [-0.39, 0.29) is 23.8 Å². The highest BCUT2D eigenvalue weighted by atomic mass is 16.2. The van der Waals surface area contributed by atoms with Gasteiger partial charge in [0.2, 0.25) is 11.8 Å². The van der Waals surface area contributed by atoms with Gasteiger partial charge in [-0.05, 0) is 12.8 Å². The number of amides is 2. The molecule has 0 aliphatic carbocycles. The van der Waals surface area contributed by atoms with Crippen LogP contribution in [0.3, 0.4) is 0 Å². The first-order valence-electron chi connectivity index (χ1n) is 6.20. The third-order valence-corrected chi connectivity index (χ3v) is 3.14. The molecule has 1 heterocycles. The number of nitrogens with zero attached hydrogens (tertiary/aromatic N) is 1. The highest BCUT2D eigenvalue weighted by Crippen LogP contribution is 2.15. The average molecular weight is 226 g/mol. The molecule has 0 spiro atoms. The molecule has 4 nitrogen and oxygen atoms in total. The molecule has 0 aromatic carbocycles. The summed E-state index contributed by atoms with van der Waals surface area (Å²) in [6.07, 6.45) is 2.59. The first-order valence-corrected chi connectivity index (χ1v) is 6.20. The van der Waals surface area contributed by atoms with Gasteiger partial charge in [-0.1, -0.05) is 27.2 Å². The Balaban J connectivity index is 2.68. The normalized spacial score (nSPS) is 22.8. The lowest BCUT2D eigenvalue weighted by Gasteiger charge is -2.36. The van der Waals surface area contributed by atoms with Crippen molar-refractivity contribution in [1.82, 2.24) is 10.2 Å². The topological polar surface area (TPSA) is 49.4 Å². The van der Waals surface area contributed by atoms with E-state index in [1.165, 1.54) is 0 Å². The number of hydrogen-bond donors (Lipinski definition) is 1. The first-order chi connectivity index (χ1) is 7.61. The van der Waals surface area contributed by atoms with E-state index in [1.54, 1.807) is 4.90 Å². The quantitative estimate of drug-likeness (QED) is 0.782. The Morgan fingerprint density at radius 3 is 2.81 bits per heavy atom. The van der Waals surface area contributed by atoms with E-state index >= 15 is 0 Å². The molecule has 0 radical (unpaired) electrons. The summed E-state index contributed by atoms with van der Waals surface area (Å²) in [5.41, 5.74) is 0. The van der Waals surface area contributed by atoms with E-state index < -0.39 is 0 Å². The molecule has 0 bridgehead atoms. The van der Waals surface area contributed by atoms with Crippen molar-refractivity contribution in [3.63, 3.8) is 0 Å². The van der Waals surface area contributed by atoms with Crippen LogP contribution in [0.25, 0.3) is 0 Å². The van der Waals surface area contributed by atoms with Crippen LogP contribution in [0.4, 0.5) is 0 Å². The minimum atomic E-state index is -0.263. The summed E-state index contributed by atoms with van der Waals surface area (Å²) in [5.74, 6) is 0.152. The molecule has 4 heteroatoms. The zero-order valence-corrected chi connectivity index (χ0v) is 10.5. The molecule has 1 fully saturated rings. The van der Waals surface area contributed by atoms with Gasteiger partial charge < -0.3 is 10.2 Å². The second-order valence-electron chi connectivity index (χ2n) is 4.44. The maximum absolute atomic E-state index is 12.1. The molecule has 1 rings (SSSR count). The van der Waals surface area contributed by atoms with Gasteiger partial charge in [0.05, 0.1) is 0 Å². The SMILES string of the molecule is CCCC(C)C(=O)N1CCNC(=O)C1CC. The minimum Gasteiger partial charge on any atom is -0.353 e. The molecule has 1 aliphatic rings. The summed E-state index contributed by atoms with van der Waals surface area (Å²) in [6, 6.07) is -0.263. The van der Waals surface area contributed by atoms with Gasteiger partial charge in [-0.25, -0.2) is 0 Å². The number of carbonyl (C=O) groups is 2. The predicted molar refractivity (Wildman–Crippen MR) is 62.9 cm³/mol. The summed E-state index contributed by atoms with van der Waals surface area (Å²) in [7, 11) is 0. The van der Waals surface area contributed by atoms with E-state index in [1.807, 2.05) is 13.8 Å². The van der Waals surface area contributed by atoms with Crippen LogP contribution >= 0.6 is 0 Å². The molecule has 1 N–H and O–H groups in total. The molecule has 1 saturated heterocycles. The Labute approximate surface area is 97.4 Å². The van der Waals surface area contributed by atoms with Gasteiger partial charge in [0, 0.05) is 19.0 Å². The molecule has 2 amide bonds. The van der Waals surface area contributed by atoms with Crippen molar-refractivity contribution >= 4 is 11.8 Å². The standard InChI is InChI=1S/C12H22N2O2/c1-4-6-9(3)12(16)14-8-7-13-11(15)10(14)5-2/h9-10H,4-8H2,1-3H3,(H,13,15). The van der Waals surface area contributed by atoms with Gasteiger partial charge in [0.15, 0.2) is 0 Å². The molecule has 92 valence electrons. The Bertz CT molecular complexity index is 266. The van der Waals surface area contributed by atoms with Crippen LogP contribution in [0.15, 0.2) is 0 Å². The number of hydrogen-bond acceptors (Lipinski definition) is 2. The highest BCUT2D eigenvalue weighted by Gasteiger charge is 2.33. The van der Waals surface area contributed by atoms with Crippen LogP contribution in [0.2, 0.25) is 0 Å². The van der Waals surface area contributed by atoms with Crippen LogP contribution < -0.4 is 5.32 Å². The van der Waals surface area contributed by atoms with Crippen molar-refractivity contribution in [2.45, 2.75) is 46.1 Å². The molecular formula is C12H22N2O2. The summed E-state index contributed by atoms with van der Waals surface area (Å²) in [4.78, 5) is 25.5. The van der Waals surface area contributed by atoms with Gasteiger partial charge in [-0.3, -0.25) is 9.59 Å². The molecular weight excluding hydrogens is 204 g/mol. The third kappa shape index (κ3) is 2.74.